The van der Waals surface area contributed by atoms with Crippen molar-refractivity contribution in [1.82, 2.24) is 0 Å². The lowest BCUT2D eigenvalue weighted by molar-refractivity contribution is -0.459. The maximum atomic E-state index is 14.3. The Morgan fingerprint density at radius 3 is 2.11 bits per heavy atom. The zero-order valence-corrected chi connectivity index (χ0v) is 37.7. The van der Waals surface area contributed by atoms with Gasteiger partial charge in [0.05, 0.1) is 35.2 Å². The summed E-state index contributed by atoms with van der Waals surface area (Å²) in [6, 6.07) is 16.8. The van der Waals surface area contributed by atoms with Gasteiger partial charge in [-0.2, -0.15) is 0 Å². The summed E-state index contributed by atoms with van der Waals surface area (Å²) in [5, 5.41) is 49.6. The maximum absolute atomic E-state index is 14.3. The van der Waals surface area contributed by atoms with E-state index in [1.54, 1.807) is 67.6 Å². The highest BCUT2D eigenvalue weighted by Crippen LogP contribution is 2.76. The number of aliphatic hydroxyl groups is 3. The Balaban J connectivity index is 1.27. The number of carboxylic acid groups (broad SMARTS) is 1. The summed E-state index contributed by atoms with van der Waals surface area (Å²) in [5.74, 6) is -9.95. The zero-order valence-electron chi connectivity index (χ0n) is 37.7. The summed E-state index contributed by atoms with van der Waals surface area (Å²) >= 11 is 0. The molecule has 3 aliphatic carbocycles. The number of carbonyl (C=O) groups excluding carboxylic acids is 3. The van der Waals surface area contributed by atoms with Crippen LogP contribution in [-0.4, -0.2) is 116 Å². The summed E-state index contributed by atoms with van der Waals surface area (Å²) in [5.41, 5.74) is -7.89. The van der Waals surface area contributed by atoms with Crippen LogP contribution in [0.5, 0.6) is 0 Å². The van der Waals surface area contributed by atoms with Gasteiger partial charge in [0.15, 0.2) is 5.60 Å². The molecule has 65 heavy (non-hydrogen) atoms. The molecular weight excluding hydrogens is 841 g/mol. The van der Waals surface area contributed by atoms with E-state index in [0.717, 1.165) is 19.3 Å². The summed E-state index contributed by atoms with van der Waals surface area (Å²) < 4.78 is 47.0. The lowest BCUT2D eigenvalue weighted by Crippen LogP contribution is -2.75. The van der Waals surface area contributed by atoms with Gasteiger partial charge in [-0.05, 0) is 81.2 Å². The number of benzene rings is 2. The number of esters is 3. The Morgan fingerprint density at radius 2 is 1.48 bits per heavy atom. The number of epoxide rings is 1. The molecule has 2 aromatic carbocycles. The zero-order chi connectivity index (χ0) is 46.5. The molecule has 0 amide bonds. The third-order valence-electron chi connectivity index (χ3n) is 16.3. The Hall–Kier alpha value is -4.22. The van der Waals surface area contributed by atoms with Crippen molar-refractivity contribution >= 4 is 23.9 Å². The number of rotatable bonds is 11. The van der Waals surface area contributed by atoms with Crippen LogP contribution < -0.4 is 0 Å². The average Bonchev–Trinajstić information content (AvgIpc) is 3.90. The molecule has 0 radical (unpaired) electrons. The van der Waals surface area contributed by atoms with Gasteiger partial charge in [-0.15, -0.1) is 0 Å². The lowest BCUT2D eigenvalue weighted by Gasteiger charge is -2.62. The van der Waals surface area contributed by atoms with E-state index in [2.05, 4.69) is 13.5 Å². The number of hydrogen-bond acceptors (Lipinski definition) is 14. The lowest BCUT2D eigenvalue weighted by atomic mass is 9.51. The Labute approximate surface area is 378 Å². The summed E-state index contributed by atoms with van der Waals surface area (Å²) in [6.45, 7) is 12.1. The average molecular weight is 903 g/mol. The first kappa shape index (κ1) is 45.9. The van der Waals surface area contributed by atoms with Gasteiger partial charge in [-0.3, -0.25) is 9.59 Å². The summed E-state index contributed by atoms with van der Waals surface area (Å²) in [6.07, 6.45) is -3.21. The van der Waals surface area contributed by atoms with E-state index in [1.165, 1.54) is 13.8 Å². The number of aliphatic carboxylic acids is 1. The molecule has 4 heterocycles. The minimum Gasteiger partial charge on any atom is -0.481 e. The van der Waals surface area contributed by atoms with Crippen molar-refractivity contribution in [1.29, 1.82) is 0 Å². The first-order chi connectivity index (χ1) is 30.8. The van der Waals surface area contributed by atoms with Gasteiger partial charge in [0.2, 0.25) is 0 Å². The molecule has 4 aliphatic heterocycles. The van der Waals surface area contributed by atoms with Crippen LogP contribution in [0.15, 0.2) is 72.8 Å². The van der Waals surface area contributed by atoms with Gasteiger partial charge >= 0.3 is 29.9 Å². The van der Waals surface area contributed by atoms with E-state index in [1.807, 2.05) is 6.92 Å². The fourth-order valence-corrected chi connectivity index (χ4v) is 13.2. The Bertz CT molecular complexity index is 2200. The van der Waals surface area contributed by atoms with Crippen LogP contribution in [0.4, 0.5) is 0 Å². The number of carboxylic acids is 1. The quantitative estimate of drug-likeness (QED) is 0.0964. The highest BCUT2D eigenvalue weighted by molar-refractivity contribution is 5.90. The number of ether oxygens (including phenoxy) is 7. The third-order valence-corrected chi connectivity index (χ3v) is 16.3. The fourth-order valence-electron chi connectivity index (χ4n) is 13.2. The van der Waals surface area contributed by atoms with Crippen LogP contribution in [-0.2, 0) is 42.7 Å². The smallest absolute Gasteiger partial charge is 0.338 e. The normalized spacial score (nSPS) is 42.5. The molecule has 4 saturated heterocycles. The summed E-state index contributed by atoms with van der Waals surface area (Å²) in [4.78, 5) is 53.8. The SMILES string of the molecule is C=C(C)[C@]12C[C@@H](COC(=O)c3ccccc3)[C@@]34OC5(O[C@@H]1[C@@H]3[C@@H]1O[C@]1(COC(=O)C(C)(C)CC(=O)O)[C@@H](O)[C@@]1(O)[C@H]4[C@H]([C@H](C)[C@@H]1OC(=O)c1ccccc1)[C@H](C)CCCCCC[C@H]5O)O2. The number of fused-ring (bicyclic) bond motifs is 1. The first-order valence-electron chi connectivity index (χ1n) is 23.2. The van der Waals surface area contributed by atoms with Crippen molar-refractivity contribution in [3.05, 3.63) is 83.9 Å². The molecule has 3 saturated carbocycles. The minimum atomic E-state index is -2.44. The molecule has 3 bridgehead atoms. The van der Waals surface area contributed by atoms with Crippen LogP contribution >= 0.6 is 0 Å². The van der Waals surface area contributed by atoms with E-state index in [0.29, 0.717) is 24.0 Å². The largest absolute Gasteiger partial charge is 0.481 e. The second-order valence-corrected chi connectivity index (χ2v) is 20.7. The van der Waals surface area contributed by atoms with E-state index < -0.39 is 131 Å². The van der Waals surface area contributed by atoms with Crippen LogP contribution in [0.3, 0.4) is 0 Å². The van der Waals surface area contributed by atoms with E-state index in [-0.39, 0.29) is 30.9 Å². The third kappa shape index (κ3) is 6.92. The monoisotopic (exact) mass is 902 g/mol. The van der Waals surface area contributed by atoms with Crippen molar-refractivity contribution in [3.8, 4) is 0 Å². The van der Waals surface area contributed by atoms with E-state index >= 15 is 0 Å². The van der Waals surface area contributed by atoms with Crippen molar-refractivity contribution in [2.75, 3.05) is 13.2 Å². The highest BCUT2D eigenvalue weighted by atomic mass is 16.9. The molecule has 0 aromatic heterocycles. The standard InChI is InChI=1S/C50H62O15/c1-27(2)46-23-32(25-59-41(54)30-18-12-9-13-19-30)49-36-39(46)63-50(64-46,65-49)33(51)22-16-8-7-11-17-28(3)35-29(4)38(61-42(55)31-20-14-10-15-21-31)48(58,37(35)49)43(56)47(40(36)62-47)26-60-44(57)45(5,6)24-34(52)53/h9-10,12-15,18-21,28-29,32-33,35-40,43,51,56,58H,1,7-8,11,16-17,22-26H2,2-6H3,(H,52,53)/t28-,29+,32+,33-,35+,36-,37-,38+,39-,40+,43-,46-,47+,48-,49-,50?/m1/s1. The topological polar surface area (TPSA) is 217 Å². The van der Waals surface area contributed by atoms with Crippen molar-refractivity contribution < 1.29 is 72.8 Å². The predicted octanol–water partition coefficient (Wildman–Crippen LogP) is 5.38. The van der Waals surface area contributed by atoms with Gasteiger partial charge in [0, 0.05) is 17.8 Å². The Kier molecular flexibility index (Phi) is 11.5. The first-order valence-corrected chi connectivity index (χ1v) is 23.2. The maximum Gasteiger partial charge on any atom is 0.338 e. The highest BCUT2D eigenvalue weighted by Gasteiger charge is 2.91. The molecule has 352 valence electrons. The molecule has 9 rings (SSSR count). The Morgan fingerprint density at radius 1 is 0.846 bits per heavy atom. The van der Waals surface area contributed by atoms with E-state index in [9.17, 15) is 39.6 Å². The number of carbonyl (C=O) groups is 4. The number of aliphatic hydroxyl groups excluding tert-OH is 2. The molecule has 7 fully saturated rings. The molecule has 16 atom stereocenters. The van der Waals surface area contributed by atoms with Gasteiger partial charge < -0.3 is 53.6 Å². The van der Waals surface area contributed by atoms with Crippen LogP contribution in [0, 0.1) is 40.9 Å². The number of hydrogen-bond donors (Lipinski definition) is 4. The second-order valence-electron chi connectivity index (χ2n) is 20.7. The van der Waals surface area contributed by atoms with Gasteiger partial charge in [0.25, 0.3) is 0 Å². The fraction of sp³-hybridized carbons (Fsp3) is 0.640. The van der Waals surface area contributed by atoms with Crippen molar-refractivity contribution in [3.63, 3.8) is 0 Å². The predicted molar refractivity (Wildman–Crippen MR) is 229 cm³/mol. The van der Waals surface area contributed by atoms with Crippen LogP contribution in [0.25, 0.3) is 0 Å². The minimum absolute atomic E-state index is 0.0880. The van der Waals surface area contributed by atoms with Gasteiger partial charge in [-0.25, -0.2) is 9.59 Å². The van der Waals surface area contributed by atoms with Crippen molar-refractivity contribution in [2.45, 2.75) is 145 Å². The van der Waals surface area contributed by atoms with Crippen LogP contribution in [0.1, 0.15) is 107 Å². The molecule has 4 N–H and O–H groups in total. The second kappa shape index (κ2) is 16.2. The van der Waals surface area contributed by atoms with Crippen LogP contribution in [0.2, 0.25) is 0 Å². The molecule has 15 heteroatoms. The molecule has 15 nitrogen and oxygen atoms in total. The van der Waals surface area contributed by atoms with Gasteiger partial charge in [-0.1, -0.05) is 88.9 Å². The van der Waals surface area contributed by atoms with E-state index in [4.69, 9.17) is 33.2 Å². The molecule has 2 aromatic rings. The van der Waals surface area contributed by atoms with Crippen molar-refractivity contribution in [2.24, 2.45) is 40.9 Å². The molecule has 1 unspecified atom stereocenters. The molecule has 2 spiro atoms. The molecular formula is C50H62O15. The summed E-state index contributed by atoms with van der Waals surface area (Å²) in [7, 11) is 0. The van der Waals surface area contributed by atoms with Gasteiger partial charge in [0.1, 0.15) is 48.3 Å². The molecule has 7 aliphatic rings.